The summed E-state index contributed by atoms with van der Waals surface area (Å²) in [7, 11) is 0. The van der Waals surface area contributed by atoms with E-state index in [1.807, 2.05) is 6.07 Å². The minimum atomic E-state index is -1.48. The predicted octanol–water partition coefficient (Wildman–Crippen LogP) is 0.294. The van der Waals surface area contributed by atoms with Crippen molar-refractivity contribution in [3.05, 3.63) is 53.1 Å². The molecular formula is C31H36N2O13. The van der Waals surface area contributed by atoms with Crippen molar-refractivity contribution in [1.29, 1.82) is 0 Å². The molecule has 15 heteroatoms. The number of carbonyl (C=O) groups excluding carboxylic acids is 1. The number of oxime groups is 1. The number of amides is 1. The Bertz CT molecular complexity index is 1500. The quantitative estimate of drug-likeness (QED) is 0.124. The lowest BCUT2D eigenvalue weighted by Crippen LogP contribution is -2.67. The second kappa shape index (κ2) is 13.4. The predicted molar refractivity (Wildman–Crippen MR) is 157 cm³/mol. The Morgan fingerprint density at radius 3 is 2.52 bits per heavy atom. The van der Waals surface area contributed by atoms with Crippen LogP contribution in [-0.2, 0) is 30.4 Å². The van der Waals surface area contributed by atoms with E-state index in [9.17, 15) is 30.3 Å². The van der Waals surface area contributed by atoms with Crippen LogP contribution in [0.15, 0.2) is 47.1 Å². The Labute approximate surface area is 263 Å². The standard InChI is InChI=1S/C31H36N2O13/c1-14(31(39)32-24-25(36)27(38)30-29(26(24)37)42-13-43-30)7-16-3-5-20(18(34)8-16)45-23-10-19(35)28(46-23)15(2)33-44-11-17-4-6-21-22(9-17)41-12-40-21/h3-9,19,23-30,34-38H,10-13H2,1-2H3,(H,32,39)/b14-7+,33-15-/t19-,23+,24+,25-,26+,27+,28+,29-,30+/m0/s1. The van der Waals surface area contributed by atoms with E-state index in [1.54, 1.807) is 25.1 Å². The molecule has 1 aliphatic carbocycles. The lowest BCUT2D eigenvalue weighted by molar-refractivity contribution is -0.155. The molecule has 6 rings (SSSR count). The van der Waals surface area contributed by atoms with E-state index in [4.69, 9.17) is 33.3 Å². The maximum atomic E-state index is 12.9. The molecule has 46 heavy (non-hydrogen) atoms. The van der Waals surface area contributed by atoms with E-state index in [-0.39, 0.29) is 43.7 Å². The minimum Gasteiger partial charge on any atom is -0.504 e. The summed E-state index contributed by atoms with van der Waals surface area (Å²) in [6, 6.07) is 8.71. The van der Waals surface area contributed by atoms with Crippen molar-refractivity contribution in [2.45, 2.75) is 81.9 Å². The van der Waals surface area contributed by atoms with E-state index < -0.39 is 61.0 Å². The number of fused-ring (bicyclic) bond motifs is 2. The first-order chi connectivity index (χ1) is 22.1. The van der Waals surface area contributed by atoms with Gasteiger partial charge in [-0.05, 0) is 55.3 Å². The SMILES string of the molecule is C/C(=N/OCc1ccc2c(c1)OCO2)[C@H]1O[C@@H](Oc2ccc(/C=C(\C)C(=O)N[C@@H]3[C@H](O)[C@@H](O)[C@H]4OCO[C@H]4[C@@H]3O)cc2O)C[C@@H]1O. The fourth-order valence-corrected chi connectivity index (χ4v) is 5.78. The molecule has 2 aromatic rings. The van der Waals surface area contributed by atoms with Gasteiger partial charge >= 0.3 is 0 Å². The van der Waals surface area contributed by atoms with E-state index in [0.717, 1.165) is 5.56 Å². The number of benzene rings is 2. The van der Waals surface area contributed by atoms with Gasteiger partial charge in [-0.1, -0.05) is 17.3 Å². The summed E-state index contributed by atoms with van der Waals surface area (Å²) < 4.78 is 32.8. The second-order valence-electron chi connectivity index (χ2n) is 11.5. The van der Waals surface area contributed by atoms with Crippen molar-refractivity contribution in [1.82, 2.24) is 5.32 Å². The molecule has 1 amide bonds. The molecule has 9 atom stereocenters. The smallest absolute Gasteiger partial charge is 0.247 e. The number of aliphatic hydroxyl groups is 4. The summed E-state index contributed by atoms with van der Waals surface area (Å²) in [5.41, 5.74) is 1.90. The molecule has 3 fully saturated rings. The maximum absolute atomic E-state index is 12.9. The maximum Gasteiger partial charge on any atom is 0.247 e. The van der Waals surface area contributed by atoms with Crippen LogP contribution in [0.3, 0.4) is 0 Å². The van der Waals surface area contributed by atoms with Gasteiger partial charge in [0.15, 0.2) is 23.0 Å². The zero-order chi connectivity index (χ0) is 32.5. The lowest BCUT2D eigenvalue weighted by Gasteiger charge is -2.41. The first-order valence-electron chi connectivity index (χ1n) is 14.7. The van der Waals surface area contributed by atoms with Crippen molar-refractivity contribution in [2.24, 2.45) is 5.16 Å². The Balaban J connectivity index is 1.02. The third-order valence-electron chi connectivity index (χ3n) is 8.25. The molecule has 15 nitrogen and oxygen atoms in total. The minimum absolute atomic E-state index is 0.0986. The van der Waals surface area contributed by atoms with Crippen LogP contribution in [0.2, 0.25) is 0 Å². The van der Waals surface area contributed by atoms with Crippen LogP contribution in [0.4, 0.5) is 0 Å². The third-order valence-corrected chi connectivity index (χ3v) is 8.25. The van der Waals surface area contributed by atoms with Crippen molar-refractivity contribution >= 4 is 17.7 Å². The molecule has 248 valence electrons. The van der Waals surface area contributed by atoms with Crippen LogP contribution in [0.25, 0.3) is 6.08 Å². The van der Waals surface area contributed by atoms with Gasteiger partial charge in [0.05, 0.1) is 17.9 Å². The fourth-order valence-electron chi connectivity index (χ4n) is 5.78. The number of phenols is 1. The molecule has 0 aromatic heterocycles. The van der Waals surface area contributed by atoms with Crippen molar-refractivity contribution in [3.8, 4) is 23.0 Å². The molecule has 0 spiro atoms. The van der Waals surface area contributed by atoms with Gasteiger partial charge < -0.3 is 64.1 Å². The number of rotatable bonds is 9. The Hall–Kier alpha value is -3.96. The summed E-state index contributed by atoms with van der Waals surface area (Å²) in [6.07, 6.45) is -6.90. The molecule has 0 unspecified atom stereocenters. The number of nitrogens with one attached hydrogen (secondary N) is 1. The molecule has 0 radical (unpaired) electrons. The molecule has 1 saturated carbocycles. The topological polar surface area (TPSA) is 207 Å². The summed E-state index contributed by atoms with van der Waals surface area (Å²) >= 11 is 0. The van der Waals surface area contributed by atoms with E-state index in [0.29, 0.717) is 22.8 Å². The van der Waals surface area contributed by atoms with Crippen molar-refractivity contribution < 1.29 is 63.6 Å². The normalized spacial score (nSPS) is 32.3. The zero-order valence-corrected chi connectivity index (χ0v) is 25.0. The largest absolute Gasteiger partial charge is 0.504 e. The number of phenolic OH excluding ortho intramolecular Hbond substituents is 1. The van der Waals surface area contributed by atoms with Gasteiger partial charge in [0.1, 0.15) is 50.0 Å². The highest BCUT2D eigenvalue weighted by molar-refractivity contribution is 5.97. The van der Waals surface area contributed by atoms with Gasteiger partial charge in [-0.3, -0.25) is 4.79 Å². The summed E-state index contributed by atoms with van der Waals surface area (Å²) in [5, 5.41) is 59.2. The molecule has 3 heterocycles. The van der Waals surface area contributed by atoms with Crippen LogP contribution in [-0.4, -0.2) is 106 Å². The number of hydrogen-bond donors (Lipinski definition) is 6. The van der Waals surface area contributed by atoms with Gasteiger partial charge in [0.25, 0.3) is 0 Å². The Kier molecular flexibility index (Phi) is 9.33. The molecule has 6 N–H and O–H groups in total. The highest BCUT2D eigenvalue weighted by Gasteiger charge is 2.53. The van der Waals surface area contributed by atoms with Gasteiger partial charge in [0, 0.05) is 12.0 Å². The number of nitrogens with zero attached hydrogens (tertiary/aromatic N) is 1. The number of aliphatic hydroxyl groups excluding tert-OH is 4. The highest BCUT2D eigenvalue weighted by Crippen LogP contribution is 2.34. The Morgan fingerprint density at radius 2 is 1.74 bits per heavy atom. The average Bonchev–Trinajstić information content (AvgIpc) is 3.79. The van der Waals surface area contributed by atoms with Gasteiger partial charge in [-0.25, -0.2) is 0 Å². The van der Waals surface area contributed by atoms with Crippen LogP contribution >= 0.6 is 0 Å². The number of carbonyl (C=O) groups is 1. The summed E-state index contributed by atoms with van der Waals surface area (Å²) in [4.78, 5) is 18.3. The first-order valence-corrected chi connectivity index (χ1v) is 14.7. The number of hydrogen-bond acceptors (Lipinski definition) is 14. The first kappa shape index (κ1) is 32.0. The third kappa shape index (κ3) is 6.62. The molecule has 0 bridgehead atoms. The molecule has 2 saturated heterocycles. The lowest BCUT2D eigenvalue weighted by atomic mass is 9.83. The van der Waals surface area contributed by atoms with E-state index in [1.165, 1.54) is 25.1 Å². The van der Waals surface area contributed by atoms with Crippen molar-refractivity contribution in [3.63, 3.8) is 0 Å². The Morgan fingerprint density at radius 1 is 0.978 bits per heavy atom. The van der Waals surface area contributed by atoms with Crippen LogP contribution in [0.5, 0.6) is 23.0 Å². The highest BCUT2D eigenvalue weighted by atomic mass is 16.7. The molecular weight excluding hydrogens is 608 g/mol. The van der Waals surface area contributed by atoms with Gasteiger partial charge in [0.2, 0.25) is 19.0 Å². The molecule has 4 aliphatic rings. The number of aromatic hydroxyl groups is 1. The molecule has 3 aliphatic heterocycles. The summed E-state index contributed by atoms with van der Waals surface area (Å²) in [6.45, 7) is 3.39. The fraction of sp³-hybridized carbons (Fsp3) is 0.484. The van der Waals surface area contributed by atoms with Crippen LogP contribution in [0, 0.1) is 0 Å². The van der Waals surface area contributed by atoms with E-state index >= 15 is 0 Å². The molecule has 2 aromatic carbocycles. The second-order valence-corrected chi connectivity index (χ2v) is 11.5. The van der Waals surface area contributed by atoms with Crippen molar-refractivity contribution in [2.75, 3.05) is 13.6 Å². The van der Waals surface area contributed by atoms with E-state index in [2.05, 4.69) is 10.5 Å². The monoisotopic (exact) mass is 644 g/mol. The van der Waals surface area contributed by atoms with Gasteiger partial charge in [-0.2, -0.15) is 0 Å². The zero-order valence-electron chi connectivity index (χ0n) is 25.0. The number of ether oxygens (including phenoxy) is 6. The average molecular weight is 645 g/mol. The summed E-state index contributed by atoms with van der Waals surface area (Å²) in [5.74, 6) is 0.564. The van der Waals surface area contributed by atoms with Crippen LogP contribution < -0.4 is 19.5 Å². The van der Waals surface area contributed by atoms with Gasteiger partial charge in [-0.15, -0.1) is 0 Å². The van der Waals surface area contributed by atoms with Crippen LogP contribution in [0.1, 0.15) is 31.4 Å².